The van der Waals surface area contributed by atoms with E-state index in [4.69, 9.17) is 5.73 Å². The molecule has 0 aliphatic heterocycles. The Hall–Kier alpha value is -0.580. The molecule has 0 radical (unpaired) electrons. The number of carbonyl (C=O) groups excluding carboxylic acids is 1. The highest BCUT2D eigenvalue weighted by molar-refractivity contribution is 9.10. The van der Waals surface area contributed by atoms with E-state index in [0.29, 0.717) is 6.54 Å². The van der Waals surface area contributed by atoms with Crippen molar-refractivity contribution in [1.29, 1.82) is 0 Å². The third kappa shape index (κ3) is 4.51. The molecule has 16 heavy (non-hydrogen) atoms. The Balaban J connectivity index is 0.00000225. The molecular formula is C11H16BrClN2O. The molecule has 2 N–H and O–H groups in total. The molecule has 0 bridgehead atoms. The van der Waals surface area contributed by atoms with Gasteiger partial charge in [-0.05, 0) is 24.6 Å². The maximum absolute atomic E-state index is 11.5. The van der Waals surface area contributed by atoms with Crippen LogP contribution in [0, 0.1) is 0 Å². The highest BCUT2D eigenvalue weighted by atomic mass is 79.9. The van der Waals surface area contributed by atoms with Crippen LogP contribution in [0.5, 0.6) is 0 Å². The SMILES string of the molecule is C[C@H](N)C(=O)N(C)Cc1ccc(Br)cc1.Cl. The second-order valence-electron chi connectivity index (χ2n) is 3.61. The lowest BCUT2D eigenvalue weighted by molar-refractivity contribution is -0.131. The average Bonchev–Trinajstić information content (AvgIpc) is 2.20. The van der Waals surface area contributed by atoms with Crippen molar-refractivity contribution in [1.82, 2.24) is 4.90 Å². The molecule has 3 nitrogen and oxygen atoms in total. The van der Waals surface area contributed by atoms with E-state index in [2.05, 4.69) is 15.9 Å². The van der Waals surface area contributed by atoms with E-state index in [9.17, 15) is 4.79 Å². The smallest absolute Gasteiger partial charge is 0.239 e. The van der Waals surface area contributed by atoms with Crippen LogP contribution in [0.15, 0.2) is 28.7 Å². The summed E-state index contributed by atoms with van der Waals surface area (Å²) in [4.78, 5) is 13.1. The van der Waals surface area contributed by atoms with Crippen LogP contribution in [0.25, 0.3) is 0 Å². The second-order valence-corrected chi connectivity index (χ2v) is 4.53. The minimum atomic E-state index is -0.439. The van der Waals surface area contributed by atoms with E-state index in [0.717, 1.165) is 10.0 Å². The van der Waals surface area contributed by atoms with Crippen LogP contribution in [0.2, 0.25) is 0 Å². The first-order chi connectivity index (χ1) is 7.00. The zero-order valence-corrected chi connectivity index (χ0v) is 11.7. The Kier molecular flexibility index (Phi) is 6.64. The Labute approximate surface area is 111 Å². The lowest BCUT2D eigenvalue weighted by Gasteiger charge is -2.19. The zero-order chi connectivity index (χ0) is 11.4. The number of nitrogens with two attached hydrogens (primary N) is 1. The average molecular weight is 308 g/mol. The molecule has 0 aromatic heterocycles. The van der Waals surface area contributed by atoms with Crippen LogP contribution in [0.1, 0.15) is 12.5 Å². The molecule has 0 aliphatic carbocycles. The number of nitrogens with zero attached hydrogens (tertiary/aromatic N) is 1. The second kappa shape index (κ2) is 6.89. The van der Waals surface area contributed by atoms with Crippen molar-refractivity contribution in [3.63, 3.8) is 0 Å². The molecule has 0 unspecified atom stereocenters. The van der Waals surface area contributed by atoms with Gasteiger partial charge in [-0.2, -0.15) is 0 Å². The summed E-state index contributed by atoms with van der Waals surface area (Å²) in [6.45, 7) is 2.29. The molecule has 1 amide bonds. The van der Waals surface area contributed by atoms with Gasteiger partial charge in [0, 0.05) is 18.1 Å². The number of carbonyl (C=O) groups is 1. The Bertz CT molecular complexity index is 340. The first-order valence-corrected chi connectivity index (χ1v) is 5.55. The maximum atomic E-state index is 11.5. The van der Waals surface area contributed by atoms with Gasteiger partial charge in [0.25, 0.3) is 0 Å². The van der Waals surface area contributed by atoms with Gasteiger partial charge in [0.1, 0.15) is 0 Å². The minimum Gasteiger partial charge on any atom is -0.340 e. The zero-order valence-electron chi connectivity index (χ0n) is 9.31. The van der Waals surface area contributed by atoms with Crippen molar-refractivity contribution in [2.75, 3.05) is 7.05 Å². The molecule has 0 aliphatic rings. The van der Waals surface area contributed by atoms with E-state index >= 15 is 0 Å². The predicted octanol–water partition coefficient (Wildman–Crippen LogP) is 2.18. The molecule has 5 heteroatoms. The summed E-state index contributed by atoms with van der Waals surface area (Å²) in [6.07, 6.45) is 0. The van der Waals surface area contributed by atoms with Gasteiger partial charge in [0.2, 0.25) is 5.91 Å². The van der Waals surface area contributed by atoms with Gasteiger partial charge < -0.3 is 10.6 Å². The van der Waals surface area contributed by atoms with E-state index in [1.54, 1.807) is 18.9 Å². The number of hydrogen-bond donors (Lipinski definition) is 1. The maximum Gasteiger partial charge on any atom is 0.239 e. The van der Waals surface area contributed by atoms with Crippen molar-refractivity contribution in [3.05, 3.63) is 34.3 Å². The van der Waals surface area contributed by atoms with Crippen molar-refractivity contribution in [2.45, 2.75) is 19.5 Å². The van der Waals surface area contributed by atoms with Gasteiger partial charge in [-0.1, -0.05) is 28.1 Å². The summed E-state index contributed by atoms with van der Waals surface area (Å²) >= 11 is 3.36. The van der Waals surface area contributed by atoms with E-state index in [1.807, 2.05) is 24.3 Å². The van der Waals surface area contributed by atoms with E-state index in [1.165, 1.54) is 0 Å². The monoisotopic (exact) mass is 306 g/mol. The number of rotatable bonds is 3. The third-order valence-electron chi connectivity index (χ3n) is 2.10. The van der Waals surface area contributed by atoms with Gasteiger partial charge in [-0.25, -0.2) is 0 Å². The van der Waals surface area contributed by atoms with Crippen LogP contribution in [0.3, 0.4) is 0 Å². The number of amides is 1. The van der Waals surface area contributed by atoms with Gasteiger partial charge >= 0.3 is 0 Å². The molecule has 90 valence electrons. The minimum absolute atomic E-state index is 0. The third-order valence-corrected chi connectivity index (χ3v) is 2.63. The fraction of sp³-hybridized carbons (Fsp3) is 0.364. The first-order valence-electron chi connectivity index (χ1n) is 4.75. The number of halogens is 2. The van der Waals surface area contributed by atoms with Crippen molar-refractivity contribution >= 4 is 34.2 Å². The Morgan fingerprint density at radius 2 is 1.94 bits per heavy atom. The molecule has 0 fully saturated rings. The summed E-state index contributed by atoms with van der Waals surface area (Å²) in [5, 5.41) is 0. The normalized spacial score (nSPS) is 11.5. The predicted molar refractivity (Wildman–Crippen MR) is 71.5 cm³/mol. The lowest BCUT2D eigenvalue weighted by atomic mass is 10.2. The number of hydrogen-bond acceptors (Lipinski definition) is 2. The molecule has 1 rings (SSSR count). The van der Waals surface area contributed by atoms with Crippen LogP contribution in [0.4, 0.5) is 0 Å². The summed E-state index contributed by atoms with van der Waals surface area (Å²) < 4.78 is 1.03. The number of benzene rings is 1. The van der Waals surface area contributed by atoms with Crippen molar-refractivity contribution < 1.29 is 4.79 Å². The highest BCUT2D eigenvalue weighted by Crippen LogP contribution is 2.11. The lowest BCUT2D eigenvalue weighted by Crippen LogP contribution is -2.39. The van der Waals surface area contributed by atoms with Gasteiger partial charge in [-0.3, -0.25) is 4.79 Å². The molecule has 1 aromatic carbocycles. The van der Waals surface area contributed by atoms with Crippen LogP contribution in [-0.4, -0.2) is 23.9 Å². The van der Waals surface area contributed by atoms with Crippen molar-refractivity contribution in [2.24, 2.45) is 5.73 Å². The fourth-order valence-corrected chi connectivity index (χ4v) is 1.55. The van der Waals surface area contributed by atoms with E-state index in [-0.39, 0.29) is 18.3 Å². The van der Waals surface area contributed by atoms with Crippen LogP contribution >= 0.6 is 28.3 Å². The fourth-order valence-electron chi connectivity index (χ4n) is 1.29. The van der Waals surface area contributed by atoms with Crippen molar-refractivity contribution in [3.8, 4) is 0 Å². The van der Waals surface area contributed by atoms with Gasteiger partial charge in [0.05, 0.1) is 6.04 Å². The molecular weight excluding hydrogens is 291 g/mol. The van der Waals surface area contributed by atoms with E-state index < -0.39 is 6.04 Å². The molecule has 0 spiro atoms. The quantitative estimate of drug-likeness (QED) is 0.930. The van der Waals surface area contributed by atoms with Crippen LogP contribution < -0.4 is 5.73 Å². The van der Waals surface area contributed by atoms with Crippen LogP contribution in [-0.2, 0) is 11.3 Å². The standard InChI is InChI=1S/C11H15BrN2O.ClH/c1-8(13)11(15)14(2)7-9-3-5-10(12)6-4-9;/h3-6,8H,7,13H2,1-2H3;1H/t8-;/m0./s1. The summed E-state index contributed by atoms with van der Waals surface area (Å²) in [6, 6.07) is 7.44. The molecule has 1 aromatic rings. The molecule has 0 saturated carbocycles. The first kappa shape index (κ1) is 15.4. The topological polar surface area (TPSA) is 46.3 Å². The Morgan fingerprint density at radius 1 is 1.44 bits per heavy atom. The number of likely N-dealkylation sites (N-methyl/N-ethyl adjacent to an activating group) is 1. The summed E-state index contributed by atoms with van der Waals surface area (Å²) in [5.41, 5.74) is 6.61. The molecule has 1 atom stereocenters. The largest absolute Gasteiger partial charge is 0.340 e. The summed E-state index contributed by atoms with van der Waals surface area (Å²) in [7, 11) is 1.76. The van der Waals surface area contributed by atoms with Gasteiger partial charge in [-0.15, -0.1) is 12.4 Å². The highest BCUT2D eigenvalue weighted by Gasteiger charge is 2.12. The summed E-state index contributed by atoms with van der Waals surface area (Å²) in [5.74, 6) is -0.0436. The van der Waals surface area contributed by atoms with Gasteiger partial charge in [0.15, 0.2) is 0 Å². The molecule has 0 saturated heterocycles. The Morgan fingerprint density at radius 3 is 2.38 bits per heavy atom. The molecule has 0 heterocycles.